The number of nitriles is 1. The molecule has 3 aromatic rings. The topological polar surface area (TPSA) is 83.6 Å². The highest BCUT2D eigenvalue weighted by molar-refractivity contribution is 5.91. The van der Waals surface area contributed by atoms with Gasteiger partial charge in [0.25, 0.3) is 0 Å². The second-order valence-electron chi connectivity index (χ2n) is 7.94. The number of aryl methyl sites for hydroxylation is 1. The third-order valence-electron chi connectivity index (χ3n) is 5.48. The van der Waals surface area contributed by atoms with Crippen molar-refractivity contribution >= 4 is 11.7 Å². The lowest BCUT2D eigenvalue weighted by atomic mass is 10.0. The molecule has 164 valence electrons. The Hall–Kier alpha value is -3.67. The quantitative estimate of drug-likeness (QED) is 0.619. The molecule has 2 atom stereocenters. The van der Waals surface area contributed by atoms with Gasteiger partial charge in [0, 0.05) is 12.3 Å². The van der Waals surface area contributed by atoms with Crippen LogP contribution < -0.4 is 5.32 Å². The summed E-state index contributed by atoms with van der Waals surface area (Å²) in [4.78, 5) is 16.6. The van der Waals surface area contributed by atoms with Gasteiger partial charge in [0.2, 0.25) is 5.91 Å². The molecule has 2 unspecified atom stereocenters. The number of anilines is 1. The van der Waals surface area contributed by atoms with E-state index in [1.165, 1.54) is 0 Å². The van der Waals surface area contributed by atoms with Crippen LogP contribution in [-0.2, 0) is 17.8 Å². The normalized spacial score (nSPS) is 17.6. The van der Waals surface area contributed by atoms with Gasteiger partial charge in [0.1, 0.15) is 11.8 Å². The summed E-state index contributed by atoms with van der Waals surface area (Å²) in [6, 6.07) is 14.1. The van der Waals surface area contributed by atoms with Gasteiger partial charge in [-0.2, -0.15) is 23.5 Å². The minimum absolute atomic E-state index is 0.0888. The predicted molar refractivity (Wildman–Crippen MR) is 111 cm³/mol. The number of amides is 1. The fourth-order valence-corrected chi connectivity index (χ4v) is 3.63. The Morgan fingerprint density at radius 1 is 1.22 bits per heavy atom. The molecule has 1 aliphatic rings. The van der Waals surface area contributed by atoms with E-state index in [1.807, 2.05) is 25.1 Å². The Kier molecular flexibility index (Phi) is 5.70. The number of hydrogen-bond acceptors (Lipinski definition) is 4. The van der Waals surface area contributed by atoms with Crippen molar-refractivity contribution in [2.75, 3.05) is 5.32 Å². The van der Waals surface area contributed by atoms with E-state index in [1.54, 1.807) is 41.2 Å². The van der Waals surface area contributed by atoms with E-state index in [0.717, 1.165) is 5.56 Å². The lowest BCUT2D eigenvalue weighted by molar-refractivity contribution is -0.148. The molecular formula is C23H20F3N5O. The van der Waals surface area contributed by atoms with Crippen LogP contribution in [0.4, 0.5) is 19.0 Å². The number of halogens is 3. The number of alkyl halides is 3. The van der Waals surface area contributed by atoms with E-state index in [-0.39, 0.29) is 18.7 Å². The summed E-state index contributed by atoms with van der Waals surface area (Å²) < 4.78 is 39.8. The molecule has 0 aliphatic heterocycles. The minimum Gasteiger partial charge on any atom is -0.309 e. The lowest BCUT2D eigenvalue weighted by Gasteiger charge is -2.07. The highest BCUT2D eigenvalue weighted by Crippen LogP contribution is 2.56. The van der Waals surface area contributed by atoms with Crippen molar-refractivity contribution in [1.82, 2.24) is 14.8 Å². The van der Waals surface area contributed by atoms with E-state index < -0.39 is 18.0 Å². The monoisotopic (exact) mass is 439 g/mol. The number of rotatable bonds is 6. The van der Waals surface area contributed by atoms with Crippen molar-refractivity contribution in [3.63, 3.8) is 0 Å². The third kappa shape index (κ3) is 4.97. The van der Waals surface area contributed by atoms with E-state index in [4.69, 9.17) is 5.26 Å². The molecule has 1 saturated carbocycles. The first-order chi connectivity index (χ1) is 15.2. The number of carbonyl (C=O) groups excluding carboxylic acids is 1. The highest BCUT2D eigenvalue weighted by atomic mass is 19.4. The average molecular weight is 439 g/mol. The molecular weight excluding hydrogens is 419 g/mol. The van der Waals surface area contributed by atoms with Crippen LogP contribution >= 0.6 is 0 Å². The number of nitrogens with one attached hydrogen (secondary N) is 1. The van der Waals surface area contributed by atoms with Gasteiger partial charge < -0.3 is 5.32 Å². The molecule has 32 heavy (non-hydrogen) atoms. The summed E-state index contributed by atoms with van der Waals surface area (Å²) in [5.74, 6) is -1.63. The molecule has 9 heteroatoms. The molecule has 2 aromatic heterocycles. The number of hydrogen-bond donors (Lipinski definition) is 1. The molecule has 1 fully saturated rings. The summed E-state index contributed by atoms with van der Waals surface area (Å²) >= 11 is 0. The van der Waals surface area contributed by atoms with Crippen molar-refractivity contribution in [2.24, 2.45) is 5.92 Å². The zero-order chi connectivity index (χ0) is 22.9. The smallest absolute Gasteiger partial charge is 0.309 e. The van der Waals surface area contributed by atoms with Crippen LogP contribution in [0.3, 0.4) is 0 Å². The fourth-order valence-electron chi connectivity index (χ4n) is 3.63. The second kappa shape index (κ2) is 8.46. The first-order valence-corrected chi connectivity index (χ1v) is 10.1. The van der Waals surface area contributed by atoms with Crippen molar-refractivity contribution < 1.29 is 18.0 Å². The molecule has 6 nitrogen and oxygen atoms in total. The minimum atomic E-state index is -4.15. The van der Waals surface area contributed by atoms with E-state index in [0.29, 0.717) is 34.9 Å². The van der Waals surface area contributed by atoms with Gasteiger partial charge in [0.15, 0.2) is 5.82 Å². The van der Waals surface area contributed by atoms with Gasteiger partial charge in [0.05, 0.1) is 24.6 Å². The predicted octanol–water partition coefficient (Wildman–Crippen LogP) is 4.35. The average Bonchev–Trinajstić information content (AvgIpc) is 3.45. The summed E-state index contributed by atoms with van der Waals surface area (Å²) in [7, 11) is 0. The Balaban J connectivity index is 1.31. The molecule has 2 heterocycles. The number of benzene rings is 1. The van der Waals surface area contributed by atoms with Crippen LogP contribution in [0.2, 0.25) is 0 Å². The van der Waals surface area contributed by atoms with Gasteiger partial charge >= 0.3 is 6.18 Å². The van der Waals surface area contributed by atoms with Crippen molar-refractivity contribution in [3.8, 4) is 6.07 Å². The molecule has 1 amide bonds. The number of pyridine rings is 1. The molecule has 1 aromatic carbocycles. The van der Waals surface area contributed by atoms with E-state index in [9.17, 15) is 18.0 Å². The maximum absolute atomic E-state index is 12.7. The maximum Gasteiger partial charge on any atom is 0.392 e. The number of nitrogens with zero attached hydrogens (tertiary/aromatic N) is 4. The number of aromatic nitrogens is 3. The van der Waals surface area contributed by atoms with Gasteiger partial charge in [-0.15, -0.1) is 0 Å². The molecule has 0 saturated heterocycles. The molecule has 0 bridgehead atoms. The van der Waals surface area contributed by atoms with Crippen LogP contribution in [0.5, 0.6) is 0 Å². The van der Waals surface area contributed by atoms with Gasteiger partial charge in [-0.05, 0) is 42.0 Å². The summed E-state index contributed by atoms with van der Waals surface area (Å²) in [6.45, 7) is 2.17. The van der Waals surface area contributed by atoms with Gasteiger partial charge in [-0.25, -0.2) is 4.98 Å². The zero-order valence-electron chi connectivity index (χ0n) is 17.2. The number of carbonyl (C=O) groups is 1. The maximum atomic E-state index is 12.7. The Bertz CT molecular complexity index is 1180. The lowest BCUT2D eigenvalue weighted by Crippen LogP contribution is -2.15. The Morgan fingerprint density at radius 3 is 2.62 bits per heavy atom. The first-order valence-electron chi connectivity index (χ1n) is 10.1. The highest BCUT2D eigenvalue weighted by Gasteiger charge is 2.55. The largest absolute Gasteiger partial charge is 0.392 e. The SMILES string of the molecule is Cc1ccc(Cn2ccc(NC(=O)Cc3ccc(C4CC4C(F)(F)F)cc3)n2)nc1C#N. The van der Waals surface area contributed by atoms with Crippen LogP contribution in [-0.4, -0.2) is 26.8 Å². The molecule has 1 aliphatic carbocycles. The van der Waals surface area contributed by atoms with Gasteiger partial charge in [-0.3, -0.25) is 9.48 Å². The summed E-state index contributed by atoms with van der Waals surface area (Å²) in [5, 5.41) is 16.1. The van der Waals surface area contributed by atoms with Crippen LogP contribution in [0.15, 0.2) is 48.7 Å². The summed E-state index contributed by atoms with van der Waals surface area (Å²) in [6.07, 6.45) is -2.24. The van der Waals surface area contributed by atoms with Crippen LogP contribution in [0, 0.1) is 24.2 Å². The Labute approximate surface area is 182 Å². The molecule has 4 rings (SSSR count). The standard InChI is InChI=1S/C23H20F3N5O/c1-14-2-7-17(28-20(14)12-27)13-31-9-8-21(30-31)29-22(32)10-15-3-5-16(6-4-15)18-11-19(18)23(24,25)26/h2-9,18-19H,10-11,13H2,1H3,(H,29,30,32). The van der Waals surface area contributed by atoms with E-state index >= 15 is 0 Å². The zero-order valence-corrected chi connectivity index (χ0v) is 17.2. The first kappa shape index (κ1) is 21.6. The van der Waals surface area contributed by atoms with Crippen LogP contribution in [0.25, 0.3) is 0 Å². The van der Waals surface area contributed by atoms with Gasteiger partial charge in [-0.1, -0.05) is 30.3 Å². The fraction of sp³-hybridized carbons (Fsp3) is 0.304. The Morgan fingerprint density at radius 2 is 1.97 bits per heavy atom. The van der Waals surface area contributed by atoms with Crippen molar-refractivity contribution in [1.29, 1.82) is 5.26 Å². The second-order valence-corrected chi connectivity index (χ2v) is 7.94. The molecule has 0 spiro atoms. The molecule has 1 N–H and O–H groups in total. The van der Waals surface area contributed by atoms with Crippen LogP contribution in [0.1, 0.15) is 40.4 Å². The van der Waals surface area contributed by atoms with Crippen molar-refractivity contribution in [3.05, 3.63) is 76.7 Å². The molecule has 0 radical (unpaired) electrons. The summed E-state index contributed by atoms with van der Waals surface area (Å²) in [5.41, 5.74) is 3.21. The third-order valence-corrected chi connectivity index (χ3v) is 5.48. The van der Waals surface area contributed by atoms with Crippen molar-refractivity contribution in [2.45, 2.75) is 38.4 Å². The van der Waals surface area contributed by atoms with E-state index in [2.05, 4.69) is 15.4 Å².